The summed E-state index contributed by atoms with van der Waals surface area (Å²) in [5.41, 5.74) is 1.38. The fourth-order valence-corrected chi connectivity index (χ4v) is 3.73. The fraction of sp³-hybridized carbons (Fsp3) is 0.312. The first kappa shape index (κ1) is 15.4. The largest absolute Gasteiger partial charge is 0.338 e. The molecule has 0 saturated carbocycles. The van der Waals surface area contributed by atoms with Crippen LogP contribution in [-0.2, 0) is 0 Å². The summed E-state index contributed by atoms with van der Waals surface area (Å²) in [6.45, 7) is 0.136. The molecule has 1 saturated heterocycles. The number of nitrogens with zero attached hydrogens (tertiary/aromatic N) is 1. The second-order valence-electron chi connectivity index (χ2n) is 5.31. The Morgan fingerprint density at radius 1 is 1.18 bits per heavy atom. The van der Waals surface area contributed by atoms with Crippen molar-refractivity contribution in [3.63, 3.8) is 0 Å². The lowest BCUT2D eigenvalue weighted by Gasteiger charge is -2.31. The average molecular weight is 342 g/mol. The van der Waals surface area contributed by atoms with Gasteiger partial charge in [0, 0.05) is 30.8 Å². The zero-order chi connectivity index (χ0) is 15.7. The first-order valence-electron chi connectivity index (χ1n) is 6.98. The number of benzene rings is 1. The van der Waals surface area contributed by atoms with E-state index in [9.17, 15) is 13.6 Å². The van der Waals surface area contributed by atoms with Gasteiger partial charge in [-0.1, -0.05) is 41.9 Å². The summed E-state index contributed by atoms with van der Waals surface area (Å²) in [4.78, 5) is 14.8. The standard InChI is InChI=1S/C16H14ClF2NOS/c17-14-12(10-13(22-14)11-4-2-1-3-5-11)15(21)20-8-6-16(18,19)7-9-20/h1-5,10H,6-9H2. The van der Waals surface area contributed by atoms with Gasteiger partial charge in [-0.3, -0.25) is 4.79 Å². The number of hydrogen-bond acceptors (Lipinski definition) is 2. The van der Waals surface area contributed by atoms with E-state index >= 15 is 0 Å². The van der Waals surface area contributed by atoms with Gasteiger partial charge < -0.3 is 4.90 Å². The highest BCUT2D eigenvalue weighted by molar-refractivity contribution is 7.19. The van der Waals surface area contributed by atoms with Gasteiger partial charge in [0.2, 0.25) is 0 Å². The van der Waals surface area contributed by atoms with Crippen LogP contribution in [0.3, 0.4) is 0 Å². The molecule has 0 aliphatic carbocycles. The van der Waals surface area contributed by atoms with Crippen LogP contribution >= 0.6 is 22.9 Å². The summed E-state index contributed by atoms with van der Waals surface area (Å²) in [5, 5.41) is 0. The maximum Gasteiger partial charge on any atom is 0.256 e. The van der Waals surface area contributed by atoms with Crippen LogP contribution in [0.15, 0.2) is 36.4 Å². The first-order chi connectivity index (χ1) is 10.5. The van der Waals surface area contributed by atoms with Crippen LogP contribution in [-0.4, -0.2) is 29.8 Å². The molecule has 0 N–H and O–H groups in total. The Bertz CT molecular complexity index is 677. The second kappa shape index (κ2) is 5.97. The number of halogens is 3. The van der Waals surface area contributed by atoms with Crippen LogP contribution < -0.4 is 0 Å². The van der Waals surface area contributed by atoms with E-state index in [4.69, 9.17) is 11.6 Å². The Kier molecular flexibility index (Phi) is 4.19. The molecule has 0 atom stereocenters. The van der Waals surface area contributed by atoms with Crippen molar-refractivity contribution < 1.29 is 13.6 Å². The molecule has 0 radical (unpaired) electrons. The number of rotatable bonds is 2. The van der Waals surface area contributed by atoms with E-state index in [1.54, 1.807) is 6.07 Å². The quantitative estimate of drug-likeness (QED) is 0.757. The number of likely N-dealkylation sites (tertiary alicyclic amines) is 1. The Morgan fingerprint density at radius 2 is 1.82 bits per heavy atom. The zero-order valence-electron chi connectivity index (χ0n) is 11.7. The maximum absolute atomic E-state index is 13.2. The molecule has 3 rings (SSSR count). The number of carbonyl (C=O) groups is 1. The molecule has 0 spiro atoms. The topological polar surface area (TPSA) is 20.3 Å². The van der Waals surface area contributed by atoms with E-state index in [2.05, 4.69) is 0 Å². The van der Waals surface area contributed by atoms with Crippen LogP contribution in [0.1, 0.15) is 23.2 Å². The molecule has 2 heterocycles. The summed E-state index contributed by atoms with van der Waals surface area (Å²) in [6, 6.07) is 11.4. The highest BCUT2D eigenvalue weighted by Gasteiger charge is 2.36. The molecule has 22 heavy (non-hydrogen) atoms. The molecule has 1 aliphatic rings. The van der Waals surface area contributed by atoms with Crippen LogP contribution in [0.25, 0.3) is 10.4 Å². The molecule has 0 unspecified atom stereocenters. The van der Waals surface area contributed by atoms with Gasteiger partial charge in [-0.2, -0.15) is 0 Å². The SMILES string of the molecule is O=C(c1cc(-c2ccccc2)sc1Cl)N1CCC(F)(F)CC1. The third kappa shape index (κ3) is 3.15. The monoisotopic (exact) mass is 341 g/mol. The highest BCUT2D eigenvalue weighted by Crippen LogP contribution is 2.36. The van der Waals surface area contributed by atoms with Crippen molar-refractivity contribution in [1.29, 1.82) is 0 Å². The van der Waals surface area contributed by atoms with Crippen molar-refractivity contribution in [2.24, 2.45) is 0 Å². The molecule has 2 nitrogen and oxygen atoms in total. The Hall–Kier alpha value is -1.46. The smallest absolute Gasteiger partial charge is 0.256 e. The van der Waals surface area contributed by atoms with Gasteiger partial charge >= 0.3 is 0 Å². The molecule has 1 aromatic carbocycles. The van der Waals surface area contributed by atoms with Crippen LogP contribution in [0.5, 0.6) is 0 Å². The van der Waals surface area contributed by atoms with Gasteiger partial charge in [0.25, 0.3) is 11.8 Å². The molecule has 1 fully saturated rings. The zero-order valence-corrected chi connectivity index (χ0v) is 13.3. The van der Waals surface area contributed by atoms with Crippen LogP contribution in [0.4, 0.5) is 8.78 Å². The highest BCUT2D eigenvalue weighted by atomic mass is 35.5. The molecule has 116 valence electrons. The maximum atomic E-state index is 13.2. The first-order valence-corrected chi connectivity index (χ1v) is 8.17. The van der Waals surface area contributed by atoms with E-state index < -0.39 is 5.92 Å². The molecule has 2 aromatic rings. The van der Waals surface area contributed by atoms with Gasteiger partial charge in [0.15, 0.2) is 0 Å². The molecular weight excluding hydrogens is 328 g/mol. The Morgan fingerprint density at radius 3 is 2.45 bits per heavy atom. The van der Waals surface area contributed by atoms with Gasteiger partial charge in [-0.05, 0) is 11.6 Å². The molecule has 1 aliphatic heterocycles. The number of alkyl halides is 2. The molecule has 0 bridgehead atoms. The van der Waals surface area contributed by atoms with E-state index in [1.165, 1.54) is 16.2 Å². The summed E-state index contributed by atoms with van der Waals surface area (Å²) in [6.07, 6.45) is -0.571. The van der Waals surface area contributed by atoms with Crippen molar-refractivity contribution in [2.75, 3.05) is 13.1 Å². The normalized spacial score (nSPS) is 17.5. The van der Waals surface area contributed by atoms with Crippen molar-refractivity contribution in [3.05, 3.63) is 46.3 Å². The third-order valence-electron chi connectivity index (χ3n) is 3.76. The molecule has 1 amide bonds. The molecule has 1 aromatic heterocycles. The van der Waals surface area contributed by atoms with E-state index in [-0.39, 0.29) is 31.8 Å². The minimum atomic E-state index is -2.66. The van der Waals surface area contributed by atoms with Crippen LogP contribution in [0.2, 0.25) is 4.34 Å². The minimum Gasteiger partial charge on any atom is -0.338 e. The van der Waals surface area contributed by atoms with Gasteiger partial charge in [0.1, 0.15) is 4.34 Å². The van der Waals surface area contributed by atoms with E-state index in [1.807, 2.05) is 30.3 Å². The van der Waals surface area contributed by atoms with Crippen molar-refractivity contribution in [3.8, 4) is 10.4 Å². The number of hydrogen-bond donors (Lipinski definition) is 0. The molecular formula is C16H14ClF2NOS. The summed E-state index contributed by atoms with van der Waals surface area (Å²) in [5.74, 6) is -2.93. The third-order valence-corrected chi connectivity index (χ3v) is 5.17. The van der Waals surface area contributed by atoms with Gasteiger partial charge in [-0.15, -0.1) is 11.3 Å². The number of amides is 1. The van der Waals surface area contributed by atoms with Crippen molar-refractivity contribution >= 4 is 28.8 Å². The van der Waals surface area contributed by atoms with Crippen molar-refractivity contribution in [2.45, 2.75) is 18.8 Å². The van der Waals surface area contributed by atoms with Gasteiger partial charge in [-0.25, -0.2) is 8.78 Å². The van der Waals surface area contributed by atoms with Crippen molar-refractivity contribution in [1.82, 2.24) is 4.90 Å². The number of piperidine rings is 1. The summed E-state index contributed by atoms with van der Waals surface area (Å²) < 4.78 is 26.8. The Balaban J connectivity index is 1.81. The predicted octanol–water partition coefficient (Wildman–Crippen LogP) is 4.94. The minimum absolute atomic E-state index is 0.0681. The Labute approximate surface area is 136 Å². The number of thiophene rings is 1. The average Bonchev–Trinajstić information content (AvgIpc) is 2.89. The van der Waals surface area contributed by atoms with Crippen LogP contribution in [0, 0.1) is 0 Å². The number of carbonyl (C=O) groups excluding carboxylic acids is 1. The van der Waals surface area contributed by atoms with Gasteiger partial charge in [0.05, 0.1) is 5.56 Å². The van der Waals surface area contributed by atoms with E-state index in [0.29, 0.717) is 9.90 Å². The molecule has 6 heteroatoms. The summed E-state index contributed by atoms with van der Waals surface area (Å²) >= 11 is 7.52. The lowest BCUT2D eigenvalue weighted by Crippen LogP contribution is -2.42. The fourth-order valence-electron chi connectivity index (χ4n) is 2.47. The predicted molar refractivity (Wildman–Crippen MR) is 84.8 cm³/mol. The second-order valence-corrected chi connectivity index (χ2v) is 6.97. The van der Waals surface area contributed by atoms with E-state index in [0.717, 1.165) is 10.4 Å². The summed E-state index contributed by atoms with van der Waals surface area (Å²) in [7, 11) is 0. The lowest BCUT2D eigenvalue weighted by molar-refractivity contribution is -0.0494. The lowest BCUT2D eigenvalue weighted by atomic mass is 10.1.